The van der Waals surface area contributed by atoms with E-state index in [9.17, 15) is 9.59 Å². The Bertz CT molecular complexity index is 862. The minimum atomic E-state index is -0.398. The van der Waals surface area contributed by atoms with Gasteiger partial charge in [-0.2, -0.15) is 0 Å². The zero-order chi connectivity index (χ0) is 22.4. The highest BCUT2D eigenvalue weighted by Crippen LogP contribution is 2.92. The molecule has 10 aliphatic rings. The molecule has 8 bridgehead atoms. The first-order valence-electron chi connectivity index (χ1n) is 13.5. The molecule has 0 saturated heterocycles. The molecule has 0 aromatic carbocycles. The number of esters is 2. The average Bonchev–Trinajstić information content (AvgIpc) is 3.17. The molecule has 2 spiro atoms. The fourth-order valence-electron chi connectivity index (χ4n) is 11.0. The Morgan fingerprint density at radius 3 is 2.12 bits per heavy atom. The van der Waals surface area contributed by atoms with E-state index in [4.69, 9.17) is 9.47 Å². The molecular weight excluding hydrogens is 400 g/mol. The first kappa shape index (κ1) is 20.3. The first-order valence-corrected chi connectivity index (χ1v) is 13.5. The zero-order valence-electron chi connectivity index (χ0n) is 20.4. The fraction of sp³-hybridized carbons (Fsp3) is 0.929. The molecular formula is C28H40O4. The lowest BCUT2D eigenvalue weighted by atomic mass is 9.15. The minimum absolute atomic E-state index is 0.00660. The molecule has 4 unspecified atom stereocenters. The van der Waals surface area contributed by atoms with Crippen LogP contribution in [0.4, 0.5) is 0 Å². The van der Waals surface area contributed by atoms with E-state index < -0.39 is 5.41 Å². The Morgan fingerprint density at radius 2 is 1.53 bits per heavy atom. The highest BCUT2D eigenvalue weighted by atomic mass is 16.6. The Kier molecular flexibility index (Phi) is 3.55. The van der Waals surface area contributed by atoms with Crippen molar-refractivity contribution in [1.82, 2.24) is 0 Å². The second kappa shape index (κ2) is 5.60. The topological polar surface area (TPSA) is 52.6 Å². The molecule has 4 atom stereocenters. The van der Waals surface area contributed by atoms with Crippen LogP contribution >= 0.6 is 0 Å². The maximum Gasteiger partial charge on any atom is 0.312 e. The van der Waals surface area contributed by atoms with Crippen LogP contribution < -0.4 is 0 Å². The largest absolute Gasteiger partial charge is 0.459 e. The van der Waals surface area contributed by atoms with Crippen LogP contribution in [-0.2, 0) is 19.1 Å². The van der Waals surface area contributed by atoms with Crippen molar-refractivity contribution >= 4 is 11.9 Å². The Morgan fingerprint density at radius 1 is 0.906 bits per heavy atom. The quantitative estimate of drug-likeness (QED) is 0.506. The van der Waals surface area contributed by atoms with Gasteiger partial charge in [0, 0.05) is 0 Å². The Labute approximate surface area is 192 Å². The van der Waals surface area contributed by atoms with Crippen LogP contribution in [0.1, 0.15) is 105 Å². The highest BCUT2D eigenvalue weighted by molar-refractivity contribution is 5.79. The van der Waals surface area contributed by atoms with Crippen molar-refractivity contribution in [3.05, 3.63) is 0 Å². The second-order valence-electron chi connectivity index (χ2n) is 14.4. The van der Waals surface area contributed by atoms with Gasteiger partial charge in [0.2, 0.25) is 0 Å². The lowest BCUT2D eigenvalue weighted by Gasteiger charge is -2.89. The standard InChI is InChI=1S/C28H40O4/c1-5-23(2,3)21(29)32-26-11-18-17-10-25(22(30)31-24(4)8-6-7-9-24)14-27(18)16-28(15-25,19(17)12-26)20(27)13-26/h17-20H,5-16H2,1-4H3. The molecule has 0 radical (unpaired) electrons. The van der Waals surface area contributed by atoms with Crippen molar-refractivity contribution in [2.45, 2.75) is 116 Å². The van der Waals surface area contributed by atoms with Crippen LogP contribution in [0.25, 0.3) is 0 Å². The van der Waals surface area contributed by atoms with Gasteiger partial charge in [-0.05, 0) is 132 Å². The zero-order valence-corrected chi connectivity index (χ0v) is 20.4. The molecule has 0 N–H and O–H groups in total. The SMILES string of the molecule is CCC(C)(C)C(=O)OC12CC3C4CC5(C(=O)OC6(C)CCCC6)CC36CC(C5)(C4C1)C6C2. The molecule has 0 aromatic heterocycles. The van der Waals surface area contributed by atoms with Crippen molar-refractivity contribution < 1.29 is 19.1 Å². The number of carbonyl (C=O) groups excluding carboxylic acids is 2. The summed E-state index contributed by atoms with van der Waals surface area (Å²) in [6, 6.07) is 0. The van der Waals surface area contributed by atoms with Crippen molar-refractivity contribution in [2.75, 3.05) is 0 Å². The van der Waals surface area contributed by atoms with Gasteiger partial charge in [0.25, 0.3) is 0 Å². The van der Waals surface area contributed by atoms with Gasteiger partial charge < -0.3 is 9.47 Å². The van der Waals surface area contributed by atoms with Crippen molar-refractivity contribution in [3.8, 4) is 0 Å². The number of rotatable bonds is 5. The lowest BCUT2D eigenvalue weighted by Crippen LogP contribution is -2.86. The predicted octanol–water partition coefficient (Wildman–Crippen LogP) is 5.82. The van der Waals surface area contributed by atoms with E-state index >= 15 is 0 Å². The highest BCUT2D eigenvalue weighted by Gasteiger charge is 2.88. The molecule has 4 nitrogen and oxygen atoms in total. The molecule has 0 aliphatic heterocycles. The van der Waals surface area contributed by atoms with Crippen LogP contribution in [-0.4, -0.2) is 23.1 Å². The normalized spacial score (nSPS) is 52.8. The second-order valence-corrected chi connectivity index (χ2v) is 14.4. The molecule has 0 aromatic rings. The molecule has 0 amide bonds. The summed E-state index contributed by atoms with van der Waals surface area (Å²) in [6.45, 7) is 8.29. The number of carbonyl (C=O) groups is 2. The van der Waals surface area contributed by atoms with Crippen molar-refractivity contribution in [1.29, 1.82) is 0 Å². The summed E-state index contributed by atoms with van der Waals surface area (Å²) >= 11 is 0. The molecule has 4 heteroatoms. The summed E-state index contributed by atoms with van der Waals surface area (Å²) in [4.78, 5) is 26.8. The Hall–Kier alpha value is -1.06. The van der Waals surface area contributed by atoms with E-state index in [0.29, 0.717) is 34.5 Å². The van der Waals surface area contributed by atoms with E-state index in [-0.39, 0.29) is 28.6 Å². The Balaban J connectivity index is 1.18. The summed E-state index contributed by atoms with van der Waals surface area (Å²) in [6.07, 6.45) is 12.9. The van der Waals surface area contributed by atoms with Gasteiger partial charge in [0.1, 0.15) is 11.2 Å². The first-order chi connectivity index (χ1) is 15.0. The van der Waals surface area contributed by atoms with Crippen LogP contribution in [0.5, 0.6) is 0 Å². The summed E-state index contributed by atoms with van der Waals surface area (Å²) < 4.78 is 12.8. The van der Waals surface area contributed by atoms with E-state index in [1.165, 1.54) is 19.3 Å². The lowest BCUT2D eigenvalue weighted by molar-refractivity contribution is -0.423. The van der Waals surface area contributed by atoms with Gasteiger partial charge in [-0.1, -0.05) is 6.92 Å². The summed E-state index contributed by atoms with van der Waals surface area (Å²) in [5, 5.41) is 0. The maximum atomic E-state index is 13.7. The number of hydrogen-bond acceptors (Lipinski definition) is 4. The van der Waals surface area contributed by atoms with E-state index in [0.717, 1.165) is 57.8 Å². The predicted molar refractivity (Wildman–Crippen MR) is 119 cm³/mol. The summed E-state index contributed by atoms with van der Waals surface area (Å²) in [5.41, 5.74) is -0.376. The van der Waals surface area contributed by atoms with Crippen molar-refractivity contribution in [2.24, 2.45) is 45.3 Å². The number of ether oxygens (including phenoxy) is 2. The van der Waals surface area contributed by atoms with Gasteiger partial charge in [-0.15, -0.1) is 0 Å². The third-order valence-electron chi connectivity index (χ3n) is 12.5. The molecule has 10 rings (SSSR count). The molecule has 176 valence electrons. The maximum absolute atomic E-state index is 13.7. The summed E-state index contributed by atoms with van der Waals surface area (Å²) in [5.74, 6) is 2.79. The van der Waals surface area contributed by atoms with Crippen LogP contribution in [0.3, 0.4) is 0 Å². The molecule has 10 fully saturated rings. The molecule has 0 heterocycles. The van der Waals surface area contributed by atoms with Crippen LogP contribution in [0, 0.1) is 45.3 Å². The van der Waals surface area contributed by atoms with Gasteiger partial charge in [0.15, 0.2) is 0 Å². The van der Waals surface area contributed by atoms with E-state index in [1.807, 2.05) is 13.8 Å². The monoisotopic (exact) mass is 440 g/mol. The summed E-state index contributed by atoms with van der Waals surface area (Å²) in [7, 11) is 0. The molecule has 10 saturated carbocycles. The van der Waals surface area contributed by atoms with E-state index in [1.54, 1.807) is 0 Å². The van der Waals surface area contributed by atoms with E-state index in [2.05, 4.69) is 13.8 Å². The van der Waals surface area contributed by atoms with Crippen molar-refractivity contribution in [3.63, 3.8) is 0 Å². The van der Waals surface area contributed by atoms with Crippen LogP contribution in [0.15, 0.2) is 0 Å². The minimum Gasteiger partial charge on any atom is -0.459 e. The van der Waals surface area contributed by atoms with Gasteiger partial charge in [0.05, 0.1) is 10.8 Å². The number of hydrogen-bond donors (Lipinski definition) is 0. The molecule has 32 heavy (non-hydrogen) atoms. The van der Waals surface area contributed by atoms with Gasteiger partial charge in [-0.3, -0.25) is 9.59 Å². The molecule has 10 aliphatic carbocycles. The third kappa shape index (κ3) is 2.13. The smallest absolute Gasteiger partial charge is 0.312 e. The van der Waals surface area contributed by atoms with Gasteiger partial charge in [-0.25, -0.2) is 0 Å². The van der Waals surface area contributed by atoms with Gasteiger partial charge >= 0.3 is 11.9 Å². The third-order valence-corrected chi connectivity index (χ3v) is 12.5. The average molecular weight is 441 g/mol. The fourth-order valence-corrected chi connectivity index (χ4v) is 11.0. The van der Waals surface area contributed by atoms with Crippen LogP contribution in [0.2, 0.25) is 0 Å².